The lowest BCUT2D eigenvalue weighted by atomic mass is 9.70. The summed E-state index contributed by atoms with van der Waals surface area (Å²) in [5.74, 6) is -0.644. The number of rotatable bonds is 3. The van der Waals surface area contributed by atoms with Crippen LogP contribution in [0.5, 0.6) is 0 Å². The van der Waals surface area contributed by atoms with E-state index in [-0.39, 0.29) is 5.41 Å². The van der Waals surface area contributed by atoms with E-state index in [0.29, 0.717) is 11.2 Å². The Labute approximate surface area is 87.8 Å². The molecule has 76 valence electrons. The van der Waals surface area contributed by atoms with Crippen molar-refractivity contribution in [2.45, 2.75) is 50.3 Å². The van der Waals surface area contributed by atoms with Crippen molar-refractivity contribution in [3.05, 3.63) is 0 Å². The molecule has 1 fully saturated rings. The Balaban J connectivity index is 2.55. The Bertz CT molecular complexity index is 183. The van der Waals surface area contributed by atoms with Crippen LogP contribution in [0.25, 0.3) is 0 Å². The van der Waals surface area contributed by atoms with E-state index in [1.54, 1.807) is 0 Å². The smallest absolute Gasteiger partial charge is 0.303 e. The van der Waals surface area contributed by atoms with Crippen LogP contribution in [0, 0.1) is 5.41 Å². The van der Waals surface area contributed by atoms with Crippen molar-refractivity contribution >= 4 is 21.9 Å². The molecule has 0 aromatic heterocycles. The van der Waals surface area contributed by atoms with E-state index in [2.05, 4.69) is 22.9 Å². The van der Waals surface area contributed by atoms with E-state index >= 15 is 0 Å². The van der Waals surface area contributed by atoms with E-state index in [0.717, 1.165) is 32.1 Å². The zero-order valence-corrected chi connectivity index (χ0v) is 9.64. The van der Waals surface area contributed by atoms with Crippen LogP contribution in [0.3, 0.4) is 0 Å². The molecule has 0 spiro atoms. The maximum Gasteiger partial charge on any atom is 0.303 e. The van der Waals surface area contributed by atoms with Crippen LogP contribution in [0.15, 0.2) is 0 Å². The van der Waals surface area contributed by atoms with Gasteiger partial charge in [-0.1, -0.05) is 22.9 Å². The summed E-state index contributed by atoms with van der Waals surface area (Å²) >= 11 is 3.59. The van der Waals surface area contributed by atoms with Gasteiger partial charge in [0.1, 0.15) is 0 Å². The van der Waals surface area contributed by atoms with Crippen molar-refractivity contribution < 1.29 is 9.90 Å². The highest BCUT2D eigenvalue weighted by molar-refractivity contribution is 9.09. The van der Waals surface area contributed by atoms with Gasteiger partial charge in [-0.3, -0.25) is 4.79 Å². The second kappa shape index (κ2) is 4.45. The predicted octanol–water partition coefficient (Wildman–Crippen LogP) is 3.20. The highest BCUT2D eigenvalue weighted by atomic mass is 79.9. The third-order valence-electron chi connectivity index (χ3n) is 3.25. The summed E-state index contributed by atoms with van der Waals surface area (Å²) in [5.41, 5.74) is 0.0934. The number of carboxylic acids is 1. The summed E-state index contributed by atoms with van der Waals surface area (Å²) < 4.78 is 0. The van der Waals surface area contributed by atoms with Crippen LogP contribution in [0.1, 0.15) is 45.4 Å². The molecule has 3 heteroatoms. The molecule has 1 saturated carbocycles. The molecule has 0 amide bonds. The number of aliphatic carboxylic acids is 1. The number of halogens is 1. The Kier molecular flexibility index (Phi) is 3.77. The minimum absolute atomic E-state index is 0.0934. The number of hydrogen-bond donors (Lipinski definition) is 1. The van der Waals surface area contributed by atoms with E-state index in [1.165, 1.54) is 0 Å². The number of carboxylic acid groups (broad SMARTS) is 1. The maximum absolute atomic E-state index is 10.7. The van der Waals surface area contributed by atoms with Crippen LogP contribution in [0.4, 0.5) is 0 Å². The minimum Gasteiger partial charge on any atom is -0.481 e. The standard InChI is InChI=1S/C10H17BrO2/c1-2-10(7-9(12)13)5-3-8(11)4-6-10/h8H,2-7H2,1H3,(H,12,13). The van der Waals surface area contributed by atoms with Crippen molar-refractivity contribution in [3.8, 4) is 0 Å². The molecule has 0 aromatic rings. The fourth-order valence-electron chi connectivity index (χ4n) is 2.17. The minimum atomic E-state index is -0.644. The topological polar surface area (TPSA) is 37.3 Å². The molecule has 1 rings (SSSR count). The largest absolute Gasteiger partial charge is 0.481 e. The van der Waals surface area contributed by atoms with E-state index in [1.807, 2.05) is 0 Å². The lowest BCUT2D eigenvalue weighted by Crippen LogP contribution is -2.29. The highest BCUT2D eigenvalue weighted by Gasteiger charge is 2.34. The van der Waals surface area contributed by atoms with Crippen LogP contribution >= 0.6 is 15.9 Å². The number of alkyl halides is 1. The Hall–Kier alpha value is -0.0500. The summed E-state index contributed by atoms with van der Waals surface area (Å²) in [6.07, 6.45) is 5.72. The van der Waals surface area contributed by atoms with Gasteiger partial charge < -0.3 is 5.11 Å². The molecular formula is C10H17BrO2. The molecule has 2 nitrogen and oxygen atoms in total. The average Bonchev–Trinajstić information content (AvgIpc) is 2.09. The molecule has 0 aromatic carbocycles. The lowest BCUT2D eigenvalue weighted by molar-refractivity contribution is -0.140. The van der Waals surface area contributed by atoms with Crippen molar-refractivity contribution in [3.63, 3.8) is 0 Å². The SMILES string of the molecule is CCC1(CC(=O)O)CCC(Br)CC1. The molecule has 13 heavy (non-hydrogen) atoms. The van der Waals surface area contributed by atoms with Crippen LogP contribution in [-0.4, -0.2) is 15.9 Å². The van der Waals surface area contributed by atoms with Crippen LogP contribution in [0.2, 0.25) is 0 Å². The normalized spacial score (nSPS) is 34.5. The van der Waals surface area contributed by atoms with Crippen molar-refractivity contribution in [2.24, 2.45) is 5.41 Å². The van der Waals surface area contributed by atoms with Gasteiger partial charge in [0.25, 0.3) is 0 Å². The van der Waals surface area contributed by atoms with Crippen molar-refractivity contribution in [1.29, 1.82) is 0 Å². The molecule has 0 atom stereocenters. The van der Waals surface area contributed by atoms with E-state index in [9.17, 15) is 4.79 Å². The molecule has 0 unspecified atom stereocenters. The van der Waals surface area contributed by atoms with Gasteiger partial charge in [-0.15, -0.1) is 0 Å². The molecule has 1 aliphatic carbocycles. The van der Waals surface area contributed by atoms with Gasteiger partial charge in [0.15, 0.2) is 0 Å². The highest BCUT2D eigenvalue weighted by Crippen LogP contribution is 2.43. The first-order chi connectivity index (χ1) is 6.08. The molecule has 0 saturated heterocycles. The maximum atomic E-state index is 10.7. The molecule has 0 radical (unpaired) electrons. The quantitative estimate of drug-likeness (QED) is 0.780. The third kappa shape index (κ3) is 2.97. The molecule has 1 aliphatic rings. The first-order valence-electron chi connectivity index (χ1n) is 4.94. The first-order valence-corrected chi connectivity index (χ1v) is 5.85. The van der Waals surface area contributed by atoms with Gasteiger partial charge in [0.05, 0.1) is 6.42 Å². The number of carbonyl (C=O) groups is 1. The van der Waals surface area contributed by atoms with Crippen molar-refractivity contribution in [1.82, 2.24) is 0 Å². The second-order valence-electron chi connectivity index (χ2n) is 4.10. The Morgan fingerprint density at radius 1 is 1.54 bits per heavy atom. The van der Waals surface area contributed by atoms with Crippen molar-refractivity contribution in [2.75, 3.05) is 0 Å². The Morgan fingerprint density at radius 2 is 2.08 bits per heavy atom. The number of hydrogen-bond acceptors (Lipinski definition) is 1. The molecule has 0 aliphatic heterocycles. The monoisotopic (exact) mass is 248 g/mol. The van der Waals surface area contributed by atoms with Crippen LogP contribution < -0.4 is 0 Å². The average molecular weight is 249 g/mol. The van der Waals surface area contributed by atoms with Gasteiger partial charge in [0.2, 0.25) is 0 Å². The molecule has 1 N–H and O–H groups in total. The fraction of sp³-hybridized carbons (Fsp3) is 0.900. The molecular weight excluding hydrogens is 232 g/mol. The van der Waals surface area contributed by atoms with Crippen LogP contribution in [-0.2, 0) is 4.79 Å². The summed E-state index contributed by atoms with van der Waals surface area (Å²) in [7, 11) is 0. The van der Waals surface area contributed by atoms with Gasteiger partial charge in [0, 0.05) is 4.83 Å². The molecule has 0 heterocycles. The summed E-state index contributed by atoms with van der Waals surface area (Å²) in [6, 6.07) is 0. The Morgan fingerprint density at radius 3 is 2.46 bits per heavy atom. The summed E-state index contributed by atoms with van der Waals surface area (Å²) in [4.78, 5) is 11.3. The second-order valence-corrected chi connectivity index (χ2v) is 5.39. The zero-order chi connectivity index (χ0) is 9.90. The summed E-state index contributed by atoms with van der Waals surface area (Å²) in [6.45, 7) is 2.11. The van der Waals surface area contributed by atoms with Gasteiger partial charge in [-0.05, 0) is 37.5 Å². The lowest BCUT2D eigenvalue weighted by Gasteiger charge is -2.37. The summed E-state index contributed by atoms with van der Waals surface area (Å²) in [5, 5.41) is 8.82. The van der Waals surface area contributed by atoms with Gasteiger partial charge in [-0.25, -0.2) is 0 Å². The molecule has 0 bridgehead atoms. The van der Waals surface area contributed by atoms with Gasteiger partial charge >= 0.3 is 5.97 Å². The van der Waals surface area contributed by atoms with E-state index in [4.69, 9.17) is 5.11 Å². The third-order valence-corrected chi connectivity index (χ3v) is 4.17. The van der Waals surface area contributed by atoms with Gasteiger partial charge in [-0.2, -0.15) is 0 Å². The fourth-order valence-corrected chi connectivity index (χ4v) is 2.63. The van der Waals surface area contributed by atoms with E-state index < -0.39 is 5.97 Å². The predicted molar refractivity (Wildman–Crippen MR) is 56.2 cm³/mol. The first kappa shape index (κ1) is 11.0. The zero-order valence-electron chi connectivity index (χ0n) is 8.05.